The number of carbonyl (C=O) groups is 2. The van der Waals surface area contributed by atoms with Gasteiger partial charge < -0.3 is 0 Å². The van der Waals surface area contributed by atoms with Gasteiger partial charge in [0.15, 0.2) is 0 Å². The fourth-order valence-corrected chi connectivity index (χ4v) is 5.50. The van der Waals surface area contributed by atoms with Crippen LogP contribution in [0, 0.1) is 11.3 Å². The van der Waals surface area contributed by atoms with Gasteiger partial charge >= 0.3 is 0 Å². The minimum Gasteiger partial charge on any atom is -0.274 e. The van der Waals surface area contributed by atoms with Crippen molar-refractivity contribution in [3.05, 3.63) is 58.6 Å². The van der Waals surface area contributed by atoms with Gasteiger partial charge in [0.05, 0.1) is 28.6 Å². The molecule has 0 saturated carbocycles. The summed E-state index contributed by atoms with van der Waals surface area (Å²) < 4.78 is 28.7. The summed E-state index contributed by atoms with van der Waals surface area (Å²) in [6.07, 6.45) is 0.240. The lowest BCUT2D eigenvalue weighted by Crippen LogP contribution is -2.49. The Morgan fingerprint density at radius 3 is 2.30 bits per heavy atom. The number of carbonyl (C=O) groups excluding carboxylic acids is 2. The van der Waals surface area contributed by atoms with E-state index in [1.807, 2.05) is 13.0 Å². The van der Waals surface area contributed by atoms with Crippen LogP contribution in [0.2, 0.25) is 0 Å². The van der Waals surface area contributed by atoms with Gasteiger partial charge in [0.25, 0.3) is 5.91 Å². The zero-order chi connectivity index (χ0) is 22.1. The molecule has 0 radical (unpaired) electrons. The van der Waals surface area contributed by atoms with Crippen LogP contribution in [0.4, 0.5) is 5.69 Å². The molecule has 0 N–H and O–H groups in total. The predicted molar refractivity (Wildman–Crippen MR) is 115 cm³/mol. The second-order valence-corrected chi connectivity index (χ2v) is 9.75. The lowest BCUT2D eigenvalue weighted by atomic mass is 10.2. The maximum absolute atomic E-state index is 13.4. The topological polar surface area (TPSA) is 98.5 Å². The first-order chi connectivity index (χ1) is 14.2. The summed E-state index contributed by atoms with van der Waals surface area (Å²) in [5, 5.41) is 8.94. The first kappa shape index (κ1) is 22.2. The maximum atomic E-state index is 13.4. The normalized spacial score (nSPS) is 18.0. The molecule has 2 unspecified atom stereocenters. The van der Waals surface area contributed by atoms with Gasteiger partial charge in [-0.1, -0.05) is 22.9 Å². The van der Waals surface area contributed by atoms with E-state index in [0.29, 0.717) is 17.7 Å². The third-order valence-electron chi connectivity index (χ3n) is 5.10. The Bertz CT molecular complexity index is 1110. The number of nitriles is 1. The summed E-state index contributed by atoms with van der Waals surface area (Å²) in [4.78, 5) is 26.9. The molecule has 9 heteroatoms. The fourth-order valence-electron chi connectivity index (χ4n) is 3.39. The summed E-state index contributed by atoms with van der Waals surface area (Å²) >= 11 is 3.29. The van der Waals surface area contributed by atoms with Crippen molar-refractivity contribution in [2.75, 3.05) is 4.90 Å². The van der Waals surface area contributed by atoms with Crippen LogP contribution in [-0.2, 0) is 19.6 Å². The van der Waals surface area contributed by atoms with Gasteiger partial charge in [0.1, 0.15) is 6.04 Å². The Labute approximate surface area is 184 Å². The third-order valence-corrected chi connectivity index (χ3v) is 7.66. The molecule has 1 aliphatic heterocycles. The maximum Gasteiger partial charge on any atom is 0.252 e. The summed E-state index contributed by atoms with van der Waals surface area (Å²) in [6, 6.07) is 12.6. The van der Waals surface area contributed by atoms with E-state index in [2.05, 4.69) is 15.9 Å². The standard InChI is InChI=1S/C21H20BrN3O4S/c1-3-14(2)25(30(28,29)18-10-6-16(22)7-11-18)19-12-20(26)24(21(19)27)17-8-4-15(13-23)5-9-17/h4-11,14,19H,3,12H2,1-2H3. The van der Waals surface area contributed by atoms with Gasteiger partial charge in [0.2, 0.25) is 15.9 Å². The Balaban J connectivity index is 2.01. The van der Waals surface area contributed by atoms with Crippen LogP contribution >= 0.6 is 15.9 Å². The van der Waals surface area contributed by atoms with Gasteiger partial charge in [-0.2, -0.15) is 9.57 Å². The minimum atomic E-state index is -4.02. The third kappa shape index (κ3) is 4.03. The summed E-state index contributed by atoms with van der Waals surface area (Å²) in [5.74, 6) is -1.07. The van der Waals surface area contributed by atoms with Crippen LogP contribution < -0.4 is 4.90 Å². The monoisotopic (exact) mass is 489 g/mol. The van der Waals surface area contributed by atoms with E-state index in [1.165, 1.54) is 36.4 Å². The fraction of sp³-hybridized carbons (Fsp3) is 0.286. The van der Waals surface area contributed by atoms with Gasteiger partial charge in [-0.05, 0) is 61.9 Å². The molecule has 7 nitrogen and oxygen atoms in total. The van der Waals surface area contributed by atoms with Crippen molar-refractivity contribution in [3.8, 4) is 6.07 Å². The molecule has 30 heavy (non-hydrogen) atoms. The number of sulfonamides is 1. The number of amides is 2. The van der Waals surface area contributed by atoms with E-state index in [0.717, 1.165) is 13.7 Å². The van der Waals surface area contributed by atoms with E-state index in [9.17, 15) is 18.0 Å². The zero-order valence-electron chi connectivity index (χ0n) is 16.4. The largest absolute Gasteiger partial charge is 0.274 e. The van der Waals surface area contributed by atoms with Crippen LogP contribution in [-0.4, -0.2) is 36.6 Å². The van der Waals surface area contributed by atoms with Crippen LogP contribution in [0.1, 0.15) is 32.3 Å². The predicted octanol–water partition coefficient (Wildman–Crippen LogP) is 3.44. The molecule has 0 aromatic heterocycles. The van der Waals surface area contributed by atoms with Gasteiger partial charge in [-0.15, -0.1) is 0 Å². The number of imide groups is 1. The van der Waals surface area contributed by atoms with E-state index >= 15 is 0 Å². The second kappa shape index (κ2) is 8.68. The highest BCUT2D eigenvalue weighted by Crippen LogP contribution is 2.32. The van der Waals surface area contributed by atoms with Crippen LogP contribution in [0.15, 0.2) is 57.9 Å². The van der Waals surface area contributed by atoms with E-state index < -0.39 is 33.9 Å². The van der Waals surface area contributed by atoms with E-state index in [4.69, 9.17) is 5.26 Å². The summed E-state index contributed by atoms with van der Waals surface area (Å²) in [5.41, 5.74) is 0.713. The Morgan fingerprint density at radius 1 is 1.17 bits per heavy atom. The lowest BCUT2D eigenvalue weighted by molar-refractivity contribution is -0.122. The number of hydrogen-bond donors (Lipinski definition) is 0. The van der Waals surface area contributed by atoms with Crippen molar-refractivity contribution in [3.63, 3.8) is 0 Å². The molecular formula is C21H20BrN3O4S. The highest BCUT2D eigenvalue weighted by molar-refractivity contribution is 9.10. The van der Waals surface area contributed by atoms with E-state index in [1.54, 1.807) is 19.1 Å². The van der Waals surface area contributed by atoms with Gasteiger partial charge in [-0.3, -0.25) is 9.59 Å². The van der Waals surface area contributed by atoms with E-state index in [-0.39, 0.29) is 11.3 Å². The molecule has 3 rings (SSSR count). The quantitative estimate of drug-likeness (QED) is 0.578. The van der Waals surface area contributed by atoms with Crippen molar-refractivity contribution < 1.29 is 18.0 Å². The summed E-state index contributed by atoms with van der Waals surface area (Å²) in [6.45, 7) is 3.55. The van der Waals surface area contributed by atoms with Gasteiger partial charge in [-0.25, -0.2) is 13.3 Å². The number of nitrogens with zero attached hydrogens (tertiary/aromatic N) is 3. The van der Waals surface area contributed by atoms with Crippen molar-refractivity contribution >= 4 is 43.5 Å². The average Bonchev–Trinajstić information content (AvgIpc) is 3.01. The van der Waals surface area contributed by atoms with Crippen molar-refractivity contribution in [1.29, 1.82) is 5.26 Å². The minimum absolute atomic E-state index is 0.0584. The first-order valence-corrected chi connectivity index (χ1v) is 11.6. The molecule has 2 aromatic carbocycles. The van der Waals surface area contributed by atoms with Gasteiger partial charge in [0, 0.05) is 10.5 Å². The Kier molecular flexibility index (Phi) is 6.41. The molecule has 1 heterocycles. The Morgan fingerprint density at radius 2 is 1.77 bits per heavy atom. The first-order valence-electron chi connectivity index (χ1n) is 9.36. The SMILES string of the molecule is CCC(C)N(C1CC(=O)N(c2ccc(C#N)cc2)C1=O)S(=O)(=O)c1ccc(Br)cc1. The zero-order valence-corrected chi connectivity index (χ0v) is 18.9. The number of halogens is 1. The lowest BCUT2D eigenvalue weighted by Gasteiger charge is -2.31. The number of anilines is 1. The molecule has 156 valence electrons. The molecule has 2 aromatic rings. The molecule has 1 aliphatic rings. The molecule has 1 fully saturated rings. The summed E-state index contributed by atoms with van der Waals surface area (Å²) in [7, 11) is -4.02. The molecule has 0 bridgehead atoms. The highest BCUT2D eigenvalue weighted by Gasteiger charge is 2.48. The number of hydrogen-bond acceptors (Lipinski definition) is 5. The highest BCUT2D eigenvalue weighted by atomic mass is 79.9. The average molecular weight is 490 g/mol. The van der Waals surface area contributed by atoms with Crippen molar-refractivity contribution in [2.24, 2.45) is 0 Å². The van der Waals surface area contributed by atoms with Crippen molar-refractivity contribution in [2.45, 2.75) is 43.7 Å². The molecule has 1 saturated heterocycles. The number of benzene rings is 2. The van der Waals surface area contributed by atoms with Crippen molar-refractivity contribution in [1.82, 2.24) is 4.31 Å². The molecule has 2 amide bonds. The number of rotatable bonds is 6. The van der Waals surface area contributed by atoms with Crippen LogP contribution in [0.25, 0.3) is 0 Å². The molecule has 2 atom stereocenters. The van der Waals surface area contributed by atoms with Crippen LogP contribution in [0.5, 0.6) is 0 Å². The molecular weight excluding hydrogens is 470 g/mol. The smallest absolute Gasteiger partial charge is 0.252 e. The molecule has 0 spiro atoms. The second-order valence-electron chi connectivity index (χ2n) is 6.99. The Hall–Kier alpha value is -2.54. The van der Waals surface area contributed by atoms with Crippen LogP contribution in [0.3, 0.4) is 0 Å². The molecule has 0 aliphatic carbocycles.